The molecule has 0 fully saturated rings. The molecule has 0 radical (unpaired) electrons. The molecule has 0 saturated heterocycles. The monoisotopic (exact) mass is 287 g/mol. The summed E-state index contributed by atoms with van der Waals surface area (Å²) in [6.07, 6.45) is 1.76. The van der Waals surface area contributed by atoms with E-state index < -0.39 is 0 Å². The Hall–Kier alpha value is -2.30. The van der Waals surface area contributed by atoms with Gasteiger partial charge in [0.15, 0.2) is 0 Å². The van der Waals surface area contributed by atoms with Crippen LogP contribution in [0.5, 0.6) is 5.75 Å². The van der Waals surface area contributed by atoms with Crippen LogP contribution in [0.3, 0.4) is 0 Å². The van der Waals surface area contributed by atoms with Crippen LogP contribution in [-0.2, 0) is 0 Å². The van der Waals surface area contributed by atoms with Crippen molar-refractivity contribution in [2.24, 2.45) is 0 Å². The number of hydrogen-bond donors (Lipinski definition) is 2. The lowest BCUT2D eigenvalue weighted by atomic mass is 10.1. The Bertz CT molecular complexity index is 620. The molecule has 0 saturated carbocycles. The van der Waals surface area contributed by atoms with E-state index in [0.29, 0.717) is 13.2 Å². The molecule has 5 nitrogen and oxygen atoms in total. The Morgan fingerprint density at radius 2 is 2.10 bits per heavy atom. The fourth-order valence-electron chi connectivity index (χ4n) is 1.86. The number of carbonyl (C=O) groups excluding carboxylic acids is 1. The van der Waals surface area contributed by atoms with Crippen LogP contribution in [0.4, 0.5) is 4.79 Å². The van der Waals surface area contributed by atoms with Crippen LogP contribution in [0.25, 0.3) is 10.9 Å². The highest BCUT2D eigenvalue weighted by atomic mass is 16.5. The van der Waals surface area contributed by atoms with Gasteiger partial charge in [0.05, 0.1) is 12.1 Å². The van der Waals surface area contributed by atoms with Crippen LogP contribution in [0.15, 0.2) is 36.5 Å². The Balaban J connectivity index is 1.79. The van der Waals surface area contributed by atoms with E-state index in [2.05, 4.69) is 15.6 Å². The van der Waals surface area contributed by atoms with Crippen LogP contribution in [0, 0.1) is 0 Å². The lowest BCUT2D eigenvalue weighted by Crippen LogP contribution is -2.47. The van der Waals surface area contributed by atoms with Crippen LogP contribution in [0.2, 0.25) is 0 Å². The van der Waals surface area contributed by atoms with Crippen molar-refractivity contribution in [1.82, 2.24) is 15.6 Å². The first kappa shape index (κ1) is 15.1. The molecule has 0 unspecified atom stereocenters. The van der Waals surface area contributed by atoms with Gasteiger partial charge in [-0.25, -0.2) is 4.79 Å². The van der Waals surface area contributed by atoms with Crippen LogP contribution in [0.1, 0.15) is 20.8 Å². The SMILES string of the molecule is CC(C)(C)NC(=O)NCCOc1ccc2ncccc2c1. The molecule has 2 aromatic rings. The van der Waals surface area contributed by atoms with Gasteiger partial charge in [0.1, 0.15) is 12.4 Å². The van der Waals surface area contributed by atoms with Gasteiger partial charge in [-0.2, -0.15) is 0 Å². The topological polar surface area (TPSA) is 63.2 Å². The zero-order chi connectivity index (χ0) is 15.3. The number of carbonyl (C=O) groups is 1. The summed E-state index contributed by atoms with van der Waals surface area (Å²) in [5.74, 6) is 0.772. The zero-order valence-electron chi connectivity index (χ0n) is 12.6. The first-order chi connectivity index (χ1) is 9.94. The number of aromatic nitrogens is 1. The second kappa shape index (κ2) is 6.43. The molecule has 2 amide bonds. The molecule has 1 heterocycles. The zero-order valence-corrected chi connectivity index (χ0v) is 12.6. The standard InChI is InChI=1S/C16H21N3O2/c1-16(2,3)19-15(20)18-9-10-21-13-6-7-14-12(11-13)5-4-8-17-14/h4-8,11H,9-10H2,1-3H3,(H2,18,19,20). The van der Waals surface area contributed by atoms with Crippen molar-refractivity contribution >= 4 is 16.9 Å². The summed E-state index contributed by atoms with van der Waals surface area (Å²) in [7, 11) is 0. The molecule has 0 aliphatic heterocycles. The lowest BCUT2D eigenvalue weighted by Gasteiger charge is -2.20. The van der Waals surface area contributed by atoms with Gasteiger partial charge in [-0.15, -0.1) is 0 Å². The maximum Gasteiger partial charge on any atom is 0.315 e. The summed E-state index contributed by atoms with van der Waals surface area (Å²) in [6, 6.07) is 9.44. The maximum atomic E-state index is 11.6. The summed E-state index contributed by atoms with van der Waals surface area (Å²) in [6.45, 7) is 6.68. The van der Waals surface area contributed by atoms with E-state index >= 15 is 0 Å². The molecule has 1 aromatic heterocycles. The smallest absolute Gasteiger partial charge is 0.315 e. The van der Waals surface area contributed by atoms with E-state index in [9.17, 15) is 4.79 Å². The largest absolute Gasteiger partial charge is 0.492 e. The summed E-state index contributed by atoms with van der Waals surface area (Å²) in [5, 5.41) is 6.62. The molecule has 1 aromatic carbocycles. The fourth-order valence-corrected chi connectivity index (χ4v) is 1.86. The summed E-state index contributed by atoms with van der Waals surface area (Å²) in [4.78, 5) is 15.8. The quantitative estimate of drug-likeness (QED) is 0.850. The first-order valence-electron chi connectivity index (χ1n) is 6.98. The maximum absolute atomic E-state index is 11.6. The Morgan fingerprint density at radius 3 is 2.86 bits per heavy atom. The van der Waals surface area contributed by atoms with Gasteiger partial charge in [-0.05, 0) is 45.0 Å². The predicted octanol–water partition coefficient (Wildman–Crippen LogP) is 2.71. The van der Waals surface area contributed by atoms with Crippen LogP contribution in [-0.4, -0.2) is 29.7 Å². The highest BCUT2D eigenvalue weighted by Crippen LogP contribution is 2.18. The number of nitrogens with one attached hydrogen (secondary N) is 2. The van der Waals surface area contributed by atoms with E-state index in [1.54, 1.807) is 6.20 Å². The molecule has 0 aliphatic carbocycles. The second-order valence-electron chi connectivity index (χ2n) is 5.84. The molecule has 0 aliphatic rings. The third-order valence-electron chi connectivity index (χ3n) is 2.72. The number of fused-ring (bicyclic) bond motifs is 1. The highest BCUT2D eigenvalue weighted by molar-refractivity contribution is 5.79. The molecule has 5 heteroatoms. The summed E-state index contributed by atoms with van der Waals surface area (Å²) < 4.78 is 5.62. The summed E-state index contributed by atoms with van der Waals surface area (Å²) >= 11 is 0. The molecular weight excluding hydrogens is 266 g/mol. The van der Waals surface area contributed by atoms with Gasteiger partial charge >= 0.3 is 6.03 Å². The number of nitrogens with zero attached hydrogens (tertiary/aromatic N) is 1. The van der Waals surface area contributed by atoms with Gasteiger partial charge in [0.2, 0.25) is 0 Å². The third-order valence-corrected chi connectivity index (χ3v) is 2.72. The third kappa shape index (κ3) is 4.95. The van der Waals surface area contributed by atoms with Crippen molar-refractivity contribution < 1.29 is 9.53 Å². The van der Waals surface area contributed by atoms with Crippen molar-refractivity contribution in [2.75, 3.05) is 13.2 Å². The Morgan fingerprint density at radius 1 is 1.29 bits per heavy atom. The van der Waals surface area contributed by atoms with E-state index in [4.69, 9.17) is 4.74 Å². The van der Waals surface area contributed by atoms with Gasteiger partial charge in [0, 0.05) is 17.1 Å². The van der Waals surface area contributed by atoms with Gasteiger partial charge in [0.25, 0.3) is 0 Å². The highest BCUT2D eigenvalue weighted by Gasteiger charge is 2.12. The van der Waals surface area contributed by atoms with E-state index in [0.717, 1.165) is 16.7 Å². The normalized spacial score (nSPS) is 11.2. The number of ether oxygens (including phenoxy) is 1. The number of pyridine rings is 1. The van der Waals surface area contributed by atoms with E-state index in [1.165, 1.54) is 0 Å². The van der Waals surface area contributed by atoms with Crippen molar-refractivity contribution in [1.29, 1.82) is 0 Å². The minimum Gasteiger partial charge on any atom is -0.492 e. The van der Waals surface area contributed by atoms with Gasteiger partial charge in [-0.1, -0.05) is 6.07 Å². The fraction of sp³-hybridized carbons (Fsp3) is 0.375. The molecule has 21 heavy (non-hydrogen) atoms. The molecule has 0 bridgehead atoms. The first-order valence-corrected chi connectivity index (χ1v) is 6.98. The van der Waals surface area contributed by atoms with Gasteiger partial charge in [-0.3, -0.25) is 4.98 Å². The number of urea groups is 1. The average Bonchev–Trinajstić information content (AvgIpc) is 2.41. The van der Waals surface area contributed by atoms with Crippen molar-refractivity contribution in [2.45, 2.75) is 26.3 Å². The Labute approximate surface area is 124 Å². The average molecular weight is 287 g/mol. The molecular formula is C16H21N3O2. The predicted molar refractivity (Wildman–Crippen MR) is 83.5 cm³/mol. The molecule has 112 valence electrons. The molecule has 2 rings (SSSR count). The minimum absolute atomic E-state index is 0.186. The van der Waals surface area contributed by atoms with E-state index in [-0.39, 0.29) is 11.6 Å². The Kier molecular flexibility index (Phi) is 4.62. The summed E-state index contributed by atoms with van der Waals surface area (Å²) in [5.41, 5.74) is 0.698. The molecule has 2 N–H and O–H groups in total. The van der Waals surface area contributed by atoms with Crippen LogP contribution < -0.4 is 15.4 Å². The van der Waals surface area contributed by atoms with Crippen LogP contribution >= 0.6 is 0 Å². The lowest BCUT2D eigenvalue weighted by molar-refractivity contribution is 0.228. The number of hydrogen-bond acceptors (Lipinski definition) is 3. The minimum atomic E-state index is -0.240. The van der Waals surface area contributed by atoms with Gasteiger partial charge < -0.3 is 15.4 Å². The van der Waals surface area contributed by atoms with Crippen molar-refractivity contribution in [3.8, 4) is 5.75 Å². The van der Waals surface area contributed by atoms with Crippen molar-refractivity contribution in [3.63, 3.8) is 0 Å². The van der Waals surface area contributed by atoms with Crippen molar-refractivity contribution in [3.05, 3.63) is 36.5 Å². The van der Waals surface area contributed by atoms with E-state index in [1.807, 2.05) is 51.1 Å². The number of amides is 2. The number of rotatable bonds is 4. The number of benzene rings is 1. The molecule has 0 spiro atoms. The molecule has 0 atom stereocenters. The second-order valence-corrected chi connectivity index (χ2v) is 5.84.